The van der Waals surface area contributed by atoms with Gasteiger partial charge in [-0.3, -0.25) is 0 Å². The molecule has 5 heteroatoms. The van der Waals surface area contributed by atoms with Crippen molar-refractivity contribution < 1.29 is 0 Å². The molecule has 1 saturated heterocycles. The maximum Gasteiger partial charge on any atom is 0.151 e. The first kappa shape index (κ1) is 14.9. The third-order valence-corrected chi connectivity index (χ3v) is 3.38. The van der Waals surface area contributed by atoms with Crippen LogP contribution in [0, 0.1) is 0 Å². The van der Waals surface area contributed by atoms with Gasteiger partial charge in [0, 0.05) is 25.2 Å². The third-order valence-electron chi connectivity index (χ3n) is 3.38. The van der Waals surface area contributed by atoms with Gasteiger partial charge in [0.05, 0.1) is 5.69 Å². The Bertz CT molecular complexity index is 507. The summed E-state index contributed by atoms with van der Waals surface area (Å²) in [6, 6.07) is 14.3. The van der Waals surface area contributed by atoms with Crippen LogP contribution in [-0.4, -0.2) is 36.4 Å². The number of aromatic nitrogens is 2. The smallest absolute Gasteiger partial charge is 0.151 e. The average Bonchev–Trinajstić information content (AvgIpc) is 2.77. The maximum absolute atomic E-state index is 4.37. The standard InChI is InChI=1S/C15H18N4.BrH/c1-2-5-13(6-3-1)14-7-8-15(18-17-14)19-11-4-9-16-10-12-19;/h1-3,5-8,16H,4,9-12H2;1H. The Balaban J connectivity index is 0.00000147. The SMILES string of the molecule is Br.c1ccc(-c2ccc(N3CCCNCC3)nn2)cc1. The second-order valence-corrected chi connectivity index (χ2v) is 4.73. The molecule has 0 aliphatic carbocycles. The number of nitrogens with zero attached hydrogens (tertiary/aromatic N) is 3. The molecule has 3 rings (SSSR count). The third kappa shape index (κ3) is 3.55. The summed E-state index contributed by atoms with van der Waals surface area (Å²) in [5.74, 6) is 0.975. The predicted octanol–water partition coefficient (Wildman–Crippen LogP) is 2.52. The molecule has 106 valence electrons. The second-order valence-electron chi connectivity index (χ2n) is 4.73. The maximum atomic E-state index is 4.37. The van der Waals surface area contributed by atoms with Crippen molar-refractivity contribution in [2.75, 3.05) is 31.1 Å². The molecule has 1 aliphatic heterocycles. The van der Waals surface area contributed by atoms with E-state index in [1.165, 1.54) is 0 Å². The topological polar surface area (TPSA) is 41.0 Å². The Labute approximate surface area is 130 Å². The molecular formula is C15H19BrN4. The highest BCUT2D eigenvalue weighted by Gasteiger charge is 2.11. The number of halogens is 1. The van der Waals surface area contributed by atoms with Crippen molar-refractivity contribution in [3.8, 4) is 11.3 Å². The van der Waals surface area contributed by atoms with Crippen molar-refractivity contribution in [2.45, 2.75) is 6.42 Å². The summed E-state index contributed by atoms with van der Waals surface area (Å²) in [6.07, 6.45) is 1.15. The van der Waals surface area contributed by atoms with Crippen molar-refractivity contribution in [2.24, 2.45) is 0 Å². The number of nitrogens with one attached hydrogen (secondary N) is 1. The fourth-order valence-electron chi connectivity index (χ4n) is 2.33. The highest BCUT2D eigenvalue weighted by Crippen LogP contribution is 2.18. The number of benzene rings is 1. The van der Waals surface area contributed by atoms with Crippen molar-refractivity contribution in [3.63, 3.8) is 0 Å². The van der Waals surface area contributed by atoms with Crippen LogP contribution in [0.2, 0.25) is 0 Å². The zero-order chi connectivity index (χ0) is 12.9. The molecule has 4 nitrogen and oxygen atoms in total. The highest BCUT2D eigenvalue weighted by molar-refractivity contribution is 8.93. The van der Waals surface area contributed by atoms with E-state index < -0.39 is 0 Å². The molecule has 2 heterocycles. The minimum Gasteiger partial charge on any atom is -0.354 e. The Morgan fingerprint density at radius 3 is 2.50 bits per heavy atom. The van der Waals surface area contributed by atoms with E-state index in [1.807, 2.05) is 18.2 Å². The summed E-state index contributed by atoms with van der Waals surface area (Å²) in [6.45, 7) is 4.15. The monoisotopic (exact) mass is 334 g/mol. The van der Waals surface area contributed by atoms with Crippen molar-refractivity contribution in [1.29, 1.82) is 0 Å². The zero-order valence-electron chi connectivity index (χ0n) is 11.3. The summed E-state index contributed by atoms with van der Waals surface area (Å²) in [5.41, 5.74) is 2.04. The van der Waals surface area contributed by atoms with Crippen LogP contribution >= 0.6 is 17.0 Å². The fourth-order valence-corrected chi connectivity index (χ4v) is 2.33. The van der Waals surface area contributed by atoms with Gasteiger partial charge in [-0.2, -0.15) is 0 Å². The van der Waals surface area contributed by atoms with Crippen LogP contribution in [0.4, 0.5) is 5.82 Å². The van der Waals surface area contributed by atoms with E-state index in [4.69, 9.17) is 0 Å². The lowest BCUT2D eigenvalue weighted by Crippen LogP contribution is -2.28. The van der Waals surface area contributed by atoms with E-state index in [1.54, 1.807) is 0 Å². The fraction of sp³-hybridized carbons (Fsp3) is 0.333. The van der Waals surface area contributed by atoms with Gasteiger partial charge in [0.1, 0.15) is 0 Å². The normalized spacial score (nSPS) is 15.3. The molecular weight excluding hydrogens is 316 g/mol. The highest BCUT2D eigenvalue weighted by atomic mass is 79.9. The molecule has 2 aromatic rings. The van der Waals surface area contributed by atoms with Gasteiger partial charge in [-0.1, -0.05) is 30.3 Å². The average molecular weight is 335 g/mol. The number of anilines is 1. The van der Waals surface area contributed by atoms with Gasteiger partial charge in [-0.15, -0.1) is 27.2 Å². The molecule has 0 amide bonds. The molecule has 1 aliphatic rings. The first-order chi connectivity index (χ1) is 9.43. The van der Waals surface area contributed by atoms with Crippen molar-refractivity contribution >= 4 is 22.8 Å². The molecule has 1 fully saturated rings. The van der Waals surface area contributed by atoms with E-state index >= 15 is 0 Å². The van der Waals surface area contributed by atoms with Crippen LogP contribution in [0.25, 0.3) is 11.3 Å². The van der Waals surface area contributed by atoms with Crippen molar-refractivity contribution in [1.82, 2.24) is 15.5 Å². The van der Waals surface area contributed by atoms with Crippen LogP contribution in [0.5, 0.6) is 0 Å². The van der Waals surface area contributed by atoms with Gasteiger partial charge in [0.15, 0.2) is 5.82 Å². The lowest BCUT2D eigenvalue weighted by atomic mass is 10.1. The minimum absolute atomic E-state index is 0. The number of rotatable bonds is 2. The summed E-state index contributed by atoms with van der Waals surface area (Å²) >= 11 is 0. The Morgan fingerprint density at radius 2 is 1.75 bits per heavy atom. The van der Waals surface area contributed by atoms with Crippen LogP contribution in [0.15, 0.2) is 42.5 Å². The predicted molar refractivity (Wildman–Crippen MR) is 87.5 cm³/mol. The minimum atomic E-state index is 0. The molecule has 0 unspecified atom stereocenters. The zero-order valence-corrected chi connectivity index (χ0v) is 13.0. The largest absolute Gasteiger partial charge is 0.354 e. The van der Waals surface area contributed by atoms with Gasteiger partial charge in [0.25, 0.3) is 0 Å². The molecule has 0 atom stereocenters. The van der Waals surface area contributed by atoms with Gasteiger partial charge >= 0.3 is 0 Å². The van der Waals surface area contributed by atoms with Crippen LogP contribution in [-0.2, 0) is 0 Å². The molecule has 1 N–H and O–H groups in total. The quantitative estimate of drug-likeness (QED) is 0.916. The molecule has 0 bridgehead atoms. The summed E-state index contributed by atoms with van der Waals surface area (Å²) in [7, 11) is 0. The first-order valence-electron chi connectivity index (χ1n) is 6.78. The van der Waals surface area contributed by atoms with E-state index in [0.717, 1.165) is 49.7 Å². The molecule has 1 aromatic heterocycles. The lowest BCUT2D eigenvalue weighted by Gasteiger charge is -2.20. The number of hydrogen-bond acceptors (Lipinski definition) is 4. The second kappa shape index (κ2) is 7.36. The van der Waals surface area contributed by atoms with Gasteiger partial charge in [0.2, 0.25) is 0 Å². The van der Waals surface area contributed by atoms with E-state index in [0.29, 0.717) is 0 Å². The summed E-state index contributed by atoms with van der Waals surface area (Å²) in [5, 5.41) is 12.1. The summed E-state index contributed by atoms with van der Waals surface area (Å²) < 4.78 is 0. The van der Waals surface area contributed by atoms with Crippen LogP contribution < -0.4 is 10.2 Å². The Kier molecular flexibility index (Phi) is 5.49. The molecule has 0 spiro atoms. The van der Waals surface area contributed by atoms with Gasteiger partial charge in [-0.05, 0) is 25.1 Å². The van der Waals surface area contributed by atoms with E-state index in [2.05, 4.69) is 44.7 Å². The van der Waals surface area contributed by atoms with Crippen LogP contribution in [0.1, 0.15) is 6.42 Å². The lowest BCUT2D eigenvalue weighted by molar-refractivity contribution is 0.724. The molecule has 20 heavy (non-hydrogen) atoms. The first-order valence-corrected chi connectivity index (χ1v) is 6.78. The van der Waals surface area contributed by atoms with Gasteiger partial charge < -0.3 is 10.2 Å². The Morgan fingerprint density at radius 1 is 0.900 bits per heavy atom. The van der Waals surface area contributed by atoms with Gasteiger partial charge in [-0.25, -0.2) is 0 Å². The summed E-state index contributed by atoms with van der Waals surface area (Å²) in [4.78, 5) is 2.29. The molecule has 0 radical (unpaired) electrons. The van der Waals surface area contributed by atoms with Crippen molar-refractivity contribution in [3.05, 3.63) is 42.5 Å². The Hall–Kier alpha value is -1.46. The van der Waals surface area contributed by atoms with E-state index in [-0.39, 0.29) is 17.0 Å². The van der Waals surface area contributed by atoms with E-state index in [9.17, 15) is 0 Å². The molecule has 0 saturated carbocycles. The van der Waals surface area contributed by atoms with Crippen LogP contribution in [0.3, 0.4) is 0 Å². The molecule has 1 aromatic carbocycles. The number of hydrogen-bond donors (Lipinski definition) is 1.